The van der Waals surface area contributed by atoms with E-state index in [1.807, 2.05) is 0 Å². The molecule has 0 aromatic carbocycles. The zero-order chi connectivity index (χ0) is 5.82. The van der Waals surface area contributed by atoms with Gasteiger partial charge in [-0.05, 0) is 16.9 Å². The Morgan fingerprint density at radius 2 is 2.25 bits per heavy atom. The molecule has 0 atom stereocenters. The first-order valence-corrected chi connectivity index (χ1v) is 2.61. The summed E-state index contributed by atoms with van der Waals surface area (Å²) in [5.41, 5.74) is 3.63. The minimum atomic E-state index is 0.743. The first-order valence-electron chi connectivity index (χ1n) is 2.61. The van der Waals surface area contributed by atoms with Crippen LogP contribution in [0.5, 0.6) is 0 Å². The van der Waals surface area contributed by atoms with E-state index in [0.717, 1.165) is 18.7 Å². The Kier molecular flexibility index (Phi) is 1.56. The molecule has 0 saturated heterocycles. The van der Waals surface area contributed by atoms with E-state index in [4.69, 9.17) is 0 Å². The molecule has 0 aromatic heterocycles. The van der Waals surface area contributed by atoms with Gasteiger partial charge in [0, 0.05) is 6.42 Å². The molecule has 4 nitrogen and oxygen atoms in total. The maximum Gasteiger partial charge on any atom is 0.177 e. The van der Waals surface area contributed by atoms with E-state index in [1.54, 1.807) is 0 Å². The van der Waals surface area contributed by atoms with Gasteiger partial charge >= 0.3 is 0 Å². The van der Waals surface area contributed by atoms with Crippen molar-refractivity contribution in [1.82, 2.24) is 5.43 Å². The molecule has 0 bridgehead atoms. The molecular weight excluding hydrogens is 104 g/mol. The minimum absolute atomic E-state index is 0.743. The van der Waals surface area contributed by atoms with Gasteiger partial charge in [-0.15, -0.1) is 10.5 Å². The normalized spacial score (nSPS) is 15.9. The van der Waals surface area contributed by atoms with Gasteiger partial charge < -0.3 is 0 Å². The zero-order valence-corrected chi connectivity index (χ0v) is 4.70. The predicted octanol–water partition coefficient (Wildman–Crippen LogP) is 1.09. The number of hydrogen-bond donors (Lipinski definition) is 0. The number of hydrogen-bond acceptors (Lipinski definition) is 3. The van der Waals surface area contributed by atoms with Crippen LogP contribution >= 0.6 is 0 Å². The highest BCUT2D eigenvalue weighted by atomic mass is 15.6. The number of rotatable bonds is 2. The average molecular weight is 111 g/mol. The molecule has 0 N–H and O–H groups in total. The van der Waals surface area contributed by atoms with Gasteiger partial charge in [0.1, 0.15) is 0 Å². The van der Waals surface area contributed by atoms with Gasteiger partial charge in [-0.3, -0.25) is 0 Å². The smallest absolute Gasteiger partial charge is 0.111 e. The molecule has 1 heterocycles. The van der Waals surface area contributed by atoms with Crippen LogP contribution in [0.25, 0.3) is 0 Å². The Labute approximate surface area is 47.7 Å². The van der Waals surface area contributed by atoms with E-state index in [1.165, 1.54) is 0 Å². The lowest BCUT2D eigenvalue weighted by Crippen LogP contribution is -2.03. The molecule has 8 heavy (non-hydrogen) atoms. The third kappa shape index (κ3) is 1.02. The van der Waals surface area contributed by atoms with E-state index in [-0.39, 0.29) is 0 Å². The van der Waals surface area contributed by atoms with Crippen LogP contribution in [0.15, 0.2) is 15.5 Å². The first kappa shape index (κ1) is 5.21. The monoisotopic (exact) mass is 111 g/mol. The van der Waals surface area contributed by atoms with Crippen molar-refractivity contribution in [1.29, 1.82) is 0 Å². The summed E-state index contributed by atoms with van der Waals surface area (Å²) in [6, 6.07) is 0. The van der Waals surface area contributed by atoms with E-state index in [0.29, 0.717) is 0 Å². The Morgan fingerprint density at radius 3 is 2.75 bits per heavy atom. The molecule has 0 aliphatic carbocycles. The van der Waals surface area contributed by atoms with E-state index < -0.39 is 0 Å². The highest BCUT2D eigenvalue weighted by molar-refractivity contribution is 5.81. The maximum absolute atomic E-state index is 3.63. The van der Waals surface area contributed by atoms with Gasteiger partial charge in [0.15, 0.2) is 5.84 Å². The van der Waals surface area contributed by atoms with Gasteiger partial charge in [0.05, 0.1) is 0 Å². The summed E-state index contributed by atoms with van der Waals surface area (Å²) < 4.78 is 0. The predicted molar refractivity (Wildman–Crippen MR) is 29.3 cm³/mol. The van der Waals surface area contributed by atoms with Crippen molar-refractivity contribution in [2.75, 3.05) is 0 Å². The lowest BCUT2D eigenvalue weighted by Gasteiger charge is -1.86. The van der Waals surface area contributed by atoms with Crippen LogP contribution in [0.3, 0.4) is 0 Å². The van der Waals surface area contributed by atoms with Gasteiger partial charge in [0.2, 0.25) is 0 Å². The zero-order valence-electron chi connectivity index (χ0n) is 4.70. The highest BCUT2D eigenvalue weighted by Crippen LogP contribution is 1.96. The maximum atomic E-state index is 3.63. The van der Waals surface area contributed by atoms with Crippen molar-refractivity contribution in [3.8, 4) is 0 Å². The van der Waals surface area contributed by atoms with E-state index in [2.05, 4.69) is 27.9 Å². The topological polar surface area (TPSA) is 51.2 Å². The molecule has 4 heteroatoms. The van der Waals surface area contributed by atoms with Crippen LogP contribution in [0, 0.1) is 0 Å². The molecule has 0 spiro atoms. The van der Waals surface area contributed by atoms with Crippen molar-refractivity contribution in [2.24, 2.45) is 15.5 Å². The van der Waals surface area contributed by atoms with Crippen molar-refractivity contribution >= 4 is 5.84 Å². The minimum Gasteiger partial charge on any atom is -0.111 e. The molecule has 43 valence electrons. The fraction of sp³-hybridized carbons (Fsp3) is 0.750. The second-order valence-corrected chi connectivity index (χ2v) is 1.55. The lowest BCUT2D eigenvalue weighted by molar-refractivity contribution is 0.890. The molecule has 0 fully saturated rings. The fourth-order valence-corrected chi connectivity index (χ4v) is 0.487. The van der Waals surface area contributed by atoms with Crippen molar-refractivity contribution < 1.29 is 0 Å². The van der Waals surface area contributed by atoms with Gasteiger partial charge in [0.25, 0.3) is 0 Å². The molecule has 1 rings (SSSR count). The van der Waals surface area contributed by atoms with E-state index in [9.17, 15) is 0 Å². The lowest BCUT2D eigenvalue weighted by atomic mass is 10.3. The van der Waals surface area contributed by atoms with Crippen molar-refractivity contribution in [3.63, 3.8) is 0 Å². The van der Waals surface area contributed by atoms with Crippen LogP contribution in [0.4, 0.5) is 0 Å². The van der Waals surface area contributed by atoms with Crippen LogP contribution in [0.1, 0.15) is 19.8 Å². The summed E-state index contributed by atoms with van der Waals surface area (Å²) in [6.07, 6.45) is 1.93. The Balaban J connectivity index is 2.28. The third-order valence-electron chi connectivity index (χ3n) is 0.834. The van der Waals surface area contributed by atoms with Gasteiger partial charge in [-0.1, -0.05) is 6.92 Å². The van der Waals surface area contributed by atoms with Gasteiger partial charge in [-0.25, -0.2) is 0 Å². The second kappa shape index (κ2) is 2.40. The van der Waals surface area contributed by atoms with Gasteiger partial charge in [-0.2, -0.15) is 0 Å². The molecule has 1 radical (unpaired) electrons. The van der Waals surface area contributed by atoms with Crippen molar-refractivity contribution in [3.05, 3.63) is 0 Å². The molecule has 0 aromatic rings. The van der Waals surface area contributed by atoms with Crippen LogP contribution in [-0.4, -0.2) is 5.84 Å². The fourth-order valence-electron chi connectivity index (χ4n) is 0.487. The van der Waals surface area contributed by atoms with Crippen LogP contribution in [0.2, 0.25) is 0 Å². The summed E-state index contributed by atoms with van der Waals surface area (Å²) in [5.74, 6) is 0.743. The molecule has 0 unspecified atom stereocenters. The average Bonchev–Trinajstić information content (AvgIpc) is 2.19. The molecule has 1 aliphatic rings. The quantitative estimate of drug-likeness (QED) is 0.512. The Bertz CT molecular complexity index is 126. The third-order valence-corrected chi connectivity index (χ3v) is 0.834. The summed E-state index contributed by atoms with van der Waals surface area (Å²) in [4.78, 5) is 0. The summed E-state index contributed by atoms with van der Waals surface area (Å²) in [6.45, 7) is 2.07. The first-order chi connectivity index (χ1) is 3.93. The summed E-state index contributed by atoms with van der Waals surface area (Å²) in [7, 11) is 0. The Morgan fingerprint density at radius 1 is 1.38 bits per heavy atom. The molecule has 1 aliphatic heterocycles. The molecular formula is C4H7N4. The van der Waals surface area contributed by atoms with Crippen molar-refractivity contribution in [2.45, 2.75) is 19.8 Å². The second-order valence-electron chi connectivity index (χ2n) is 1.55. The molecule has 0 amide bonds. The van der Waals surface area contributed by atoms with Crippen LogP contribution in [-0.2, 0) is 0 Å². The van der Waals surface area contributed by atoms with Crippen LogP contribution < -0.4 is 5.43 Å². The number of amidine groups is 1. The summed E-state index contributed by atoms with van der Waals surface area (Å²) >= 11 is 0. The SMILES string of the molecule is CCCC1=NN=N[N]1. The molecule has 0 saturated carbocycles. The van der Waals surface area contributed by atoms with E-state index >= 15 is 0 Å². The number of nitrogens with zero attached hydrogens (tertiary/aromatic N) is 4. The standard InChI is InChI=1S/C4H7N4/c1-2-3-4-5-7-8-6-4/h2-3H2,1H3. The highest BCUT2D eigenvalue weighted by Gasteiger charge is 2.01. The summed E-state index contributed by atoms with van der Waals surface area (Å²) in [5, 5.41) is 10.3. The Hall–Kier alpha value is -0.930. The largest absolute Gasteiger partial charge is 0.177 e.